The first-order valence-electron chi connectivity index (χ1n) is 6.24. The van der Waals surface area contributed by atoms with E-state index in [9.17, 15) is 26.0 Å². The Morgan fingerprint density at radius 3 is 2.71 bits per heavy atom. The molecule has 10 heteroatoms. The van der Waals surface area contributed by atoms with Gasteiger partial charge in [-0.05, 0) is 12.3 Å². The predicted octanol–water partition coefficient (Wildman–Crippen LogP) is 2.01. The summed E-state index contributed by atoms with van der Waals surface area (Å²) in [5.74, 6) is -4.71. The van der Waals surface area contributed by atoms with Gasteiger partial charge in [-0.3, -0.25) is 8.86 Å². The van der Waals surface area contributed by atoms with Gasteiger partial charge in [0, 0.05) is 11.5 Å². The summed E-state index contributed by atoms with van der Waals surface area (Å²) in [6.07, 6.45) is -1.94. The van der Waals surface area contributed by atoms with E-state index in [1.165, 1.54) is 0 Å². The third-order valence-corrected chi connectivity index (χ3v) is 4.36. The van der Waals surface area contributed by atoms with Gasteiger partial charge in [0.1, 0.15) is 11.4 Å². The van der Waals surface area contributed by atoms with E-state index >= 15 is 0 Å². The molecule has 1 aromatic rings. The summed E-state index contributed by atoms with van der Waals surface area (Å²) in [4.78, 5) is 0. The standard InChI is InChI=1S/C11H12F4N2O3S/c1-21(18,19)20-3-2-17-9-7(8(16-17)10(12)13)5-4-6(5)11(9,14)15/h5-6,10H,2-4H2,1H3/t5-,6+/m1/s1. The Labute approximate surface area is 118 Å². The van der Waals surface area contributed by atoms with Crippen molar-refractivity contribution in [3.05, 3.63) is 17.0 Å². The Hall–Kier alpha value is -1.16. The molecular weight excluding hydrogens is 316 g/mol. The molecule has 118 valence electrons. The second-order valence-electron chi connectivity index (χ2n) is 5.27. The molecule has 0 radical (unpaired) electrons. The van der Waals surface area contributed by atoms with Crippen LogP contribution in [0.5, 0.6) is 0 Å². The Balaban J connectivity index is 1.92. The first-order valence-corrected chi connectivity index (χ1v) is 8.06. The molecule has 0 unspecified atom stereocenters. The molecule has 2 atom stereocenters. The fourth-order valence-corrected chi connectivity index (χ4v) is 3.28. The lowest BCUT2D eigenvalue weighted by molar-refractivity contribution is -0.0314. The van der Waals surface area contributed by atoms with Crippen molar-refractivity contribution in [2.45, 2.75) is 31.2 Å². The maximum absolute atomic E-state index is 14.1. The van der Waals surface area contributed by atoms with Crippen LogP contribution in [0.25, 0.3) is 0 Å². The van der Waals surface area contributed by atoms with E-state index in [1.54, 1.807) is 0 Å². The summed E-state index contributed by atoms with van der Waals surface area (Å²) in [6, 6.07) is 0. The fourth-order valence-electron chi connectivity index (χ4n) is 2.90. The molecule has 3 rings (SSSR count). The van der Waals surface area contributed by atoms with Crippen molar-refractivity contribution >= 4 is 10.1 Å². The summed E-state index contributed by atoms with van der Waals surface area (Å²) < 4.78 is 81.0. The number of nitrogens with zero attached hydrogens (tertiary/aromatic N) is 2. The number of fused-ring (bicyclic) bond motifs is 3. The molecule has 0 amide bonds. The van der Waals surface area contributed by atoms with Crippen molar-refractivity contribution in [2.75, 3.05) is 12.9 Å². The number of aromatic nitrogens is 2. The Bertz CT molecular complexity index is 686. The van der Waals surface area contributed by atoms with Crippen molar-refractivity contribution in [3.8, 4) is 0 Å². The minimum absolute atomic E-state index is 0.0700. The Morgan fingerprint density at radius 2 is 2.14 bits per heavy atom. The van der Waals surface area contributed by atoms with E-state index in [1.807, 2.05) is 0 Å². The predicted molar refractivity (Wildman–Crippen MR) is 62.7 cm³/mol. The molecule has 1 aromatic heterocycles. The van der Waals surface area contributed by atoms with Crippen LogP contribution in [-0.2, 0) is 26.8 Å². The third-order valence-electron chi connectivity index (χ3n) is 3.77. The molecule has 21 heavy (non-hydrogen) atoms. The van der Waals surface area contributed by atoms with Crippen molar-refractivity contribution < 1.29 is 30.2 Å². The van der Waals surface area contributed by atoms with Crippen molar-refractivity contribution in [2.24, 2.45) is 5.92 Å². The zero-order valence-electron chi connectivity index (χ0n) is 10.9. The van der Waals surface area contributed by atoms with Gasteiger partial charge in [-0.1, -0.05) is 0 Å². The van der Waals surface area contributed by atoms with Crippen LogP contribution in [0.4, 0.5) is 17.6 Å². The van der Waals surface area contributed by atoms with Gasteiger partial charge in [-0.15, -0.1) is 0 Å². The normalized spacial score (nSPS) is 26.0. The number of rotatable bonds is 5. The van der Waals surface area contributed by atoms with Crippen molar-refractivity contribution in [1.29, 1.82) is 0 Å². The number of alkyl halides is 4. The number of halogens is 4. The lowest BCUT2D eigenvalue weighted by Crippen LogP contribution is -2.22. The molecule has 5 nitrogen and oxygen atoms in total. The molecule has 0 saturated heterocycles. The van der Waals surface area contributed by atoms with Crippen LogP contribution < -0.4 is 0 Å². The van der Waals surface area contributed by atoms with Gasteiger partial charge >= 0.3 is 0 Å². The van der Waals surface area contributed by atoms with Gasteiger partial charge in [0.15, 0.2) is 0 Å². The summed E-state index contributed by atoms with van der Waals surface area (Å²) >= 11 is 0. The van der Waals surface area contributed by atoms with Crippen LogP contribution in [0.3, 0.4) is 0 Å². The van der Waals surface area contributed by atoms with Crippen LogP contribution in [-0.4, -0.2) is 31.1 Å². The topological polar surface area (TPSA) is 61.2 Å². The minimum atomic E-state index is -3.73. The first kappa shape index (κ1) is 14.8. The quantitative estimate of drug-likeness (QED) is 0.613. The van der Waals surface area contributed by atoms with Crippen LogP contribution in [0, 0.1) is 5.92 Å². The maximum atomic E-state index is 14.1. The van der Waals surface area contributed by atoms with Gasteiger partial charge in [-0.2, -0.15) is 22.3 Å². The van der Waals surface area contributed by atoms with Crippen molar-refractivity contribution in [3.63, 3.8) is 0 Å². The highest BCUT2D eigenvalue weighted by Gasteiger charge is 2.67. The first-order chi connectivity index (χ1) is 9.63. The monoisotopic (exact) mass is 328 g/mol. The summed E-state index contributed by atoms with van der Waals surface area (Å²) in [7, 11) is -3.73. The fraction of sp³-hybridized carbons (Fsp3) is 0.727. The highest BCUT2D eigenvalue weighted by atomic mass is 32.2. The smallest absolute Gasteiger partial charge is 0.268 e. The minimum Gasteiger partial charge on any atom is -0.268 e. The lowest BCUT2D eigenvalue weighted by atomic mass is 10.1. The molecule has 0 aromatic carbocycles. The van der Waals surface area contributed by atoms with Crippen LogP contribution in [0.2, 0.25) is 0 Å². The zero-order chi connectivity index (χ0) is 15.6. The molecule has 1 fully saturated rings. The van der Waals surface area contributed by atoms with Crippen LogP contribution >= 0.6 is 0 Å². The summed E-state index contributed by atoms with van der Waals surface area (Å²) in [5.41, 5.74) is -1.22. The lowest BCUT2D eigenvalue weighted by Gasteiger charge is -2.15. The van der Waals surface area contributed by atoms with E-state index in [0.29, 0.717) is 0 Å². The molecular formula is C11H12F4N2O3S. The number of hydrogen-bond donors (Lipinski definition) is 0. The van der Waals surface area contributed by atoms with E-state index in [4.69, 9.17) is 0 Å². The molecule has 0 aliphatic heterocycles. The zero-order valence-corrected chi connectivity index (χ0v) is 11.7. The van der Waals surface area contributed by atoms with Gasteiger partial charge in [-0.25, -0.2) is 8.78 Å². The molecule has 1 saturated carbocycles. The molecule has 0 N–H and O–H groups in total. The molecule has 1 heterocycles. The highest BCUT2D eigenvalue weighted by Crippen LogP contribution is 2.68. The summed E-state index contributed by atoms with van der Waals surface area (Å²) in [6.45, 7) is -0.752. The van der Waals surface area contributed by atoms with Crippen LogP contribution in [0.15, 0.2) is 0 Å². The van der Waals surface area contributed by atoms with Gasteiger partial charge in [0.25, 0.3) is 22.5 Å². The van der Waals surface area contributed by atoms with Crippen molar-refractivity contribution in [1.82, 2.24) is 9.78 Å². The van der Waals surface area contributed by atoms with E-state index < -0.39 is 52.3 Å². The molecule has 2 aliphatic rings. The molecule has 0 bridgehead atoms. The second kappa shape index (κ2) is 4.42. The molecule has 0 spiro atoms. The highest BCUT2D eigenvalue weighted by molar-refractivity contribution is 7.85. The average Bonchev–Trinajstić information content (AvgIpc) is 2.97. The second-order valence-corrected chi connectivity index (χ2v) is 6.91. The van der Waals surface area contributed by atoms with Gasteiger partial charge in [0.05, 0.1) is 19.4 Å². The number of hydrogen-bond acceptors (Lipinski definition) is 4. The van der Waals surface area contributed by atoms with E-state index in [0.717, 1.165) is 10.9 Å². The average molecular weight is 328 g/mol. The maximum Gasteiger partial charge on any atom is 0.293 e. The van der Waals surface area contributed by atoms with Crippen LogP contribution in [0.1, 0.15) is 35.7 Å². The molecule has 2 aliphatic carbocycles. The summed E-state index contributed by atoms with van der Waals surface area (Å²) in [5, 5.41) is 3.54. The van der Waals surface area contributed by atoms with Gasteiger partial charge < -0.3 is 0 Å². The third kappa shape index (κ3) is 2.33. The largest absolute Gasteiger partial charge is 0.293 e. The Kier molecular flexibility index (Phi) is 3.11. The van der Waals surface area contributed by atoms with E-state index in [2.05, 4.69) is 9.28 Å². The Morgan fingerprint density at radius 1 is 1.48 bits per heavy atom. The van der Waals surface area contributed by atoms with Gasteiger partial charge in [0.2, 0.25) is 0 Å². The SMILES string of the molecule is CS(=O)(=O)OCCn1nc(C(F)F)c2c1C(F)(F)[C@H]1C[C@@H]21. The van der Waals surface area contributed by atoms with E-state index in [-0.39, 0.29) is 18.5 Å².